The first-order chi connectivity index (χ1) is 5.39. The van der Waals surface area contributed by atoms with E-state index in [2.05, 4.69) is 24.5 Å². The van der Waals surface area contributed by atoms with Gasteiger partial charge >= 0.3 is 0 Å². The van der Waals surface area contributed by atoms with Gasteiger partial charge in [0, 0.05) is 0 Å². The van der Waals surface area contributed by atoms with Gasteiger partial charge in [-0.25, -0.2) is 0 Å². The first-order valence-electron chi connectivity index (χ1n) is 4.45. The zero-order chi connectivity index (χ0) is 7.94. The van der Waals surface area contributed by atoms with Gasteiger partial charge in [0.05, 0.1) is 0 Å². The van der Waals surface area contributed by atoms with Crippen LogP contribution in [0.4, 0.5) is 0 Å². The van der Waals surface area contributed by atoms with Crippen molar-refractivity contribution in [2.45, 2.75) is 38.5 Å². The highest BCUT2D eigenvalue weighted by Gasteiger charge is 1.94. The molecule has 1 aliphatic carbocycles. The lowest BCUT2D eigenvalue weighted by atomic mass is 10.0. The van der Waals surface area contributed by atoms with Gasteiger partial charge in [0.15, 0.2) is 0 Å². The summed E-state index contributed by atoms with van der Waals surface area (Å²) in [5.41, 5.74) is 4.59. The molecule has 11 heavy (non-hydrogen) atoms. The van der Waals surface area contributed by atoms with Crippen LogP contribution < -0.4 is 0 Å². The summed E-state index contributed by atoms with van der Waals surface area (Å²) in [5.74, 6) is 0. The lowest BCUT2D eigenvalue weighted by molar-refractivity contribution is 0.719. The van der Waals surface area contributed by atoms with Gasteiger partial charge in [0.1, 0.15) is 0 Å². The van der Waals surface area contributed by atoms with Crippen LogP contribution in [-0.4, -0.2) is 0 Å². The summed E-state index contributed by atoms with van der Waals surface area (Å²) < 4.78 is 0. The quantitative estimate of drug-likeness (QED) is 0.363. The third kappa shape index (κ3) is 3.85. The highest BCUT2D eigenvalue weighted by molar-refractivity contribution is 4.98. The monoisotopic (exact) mass is 148 g/mol. The number of hydrogen-bond donors (Lipinski definition) is 0. The van der Waals surface area contributed by atoms with Gasteiger partial charge in [-0.15, -0.1) is 5.73 Å². The first kappa shape index (κ1) is 8.36. The standard InChI is InChI=1S/C11H16/c1-11-9-7-5-3-2-4-6-8-10-11/h2,6H,1,3,5,7-10H2. The Morgan fingerprint density at radius 3 is 2.82 bits per heavy atom. The van der Waals surface area contributed by atoms with E-state index in [1.54, 1.807) is 0 Å². The molecule has 0 nitrogen and oxygen atoms in total. The molecule has 0 heteroatoms. The Kier molecular flexibility index (Phi) is 3.79. The molecule has 0 fully saturated rings. The van der Waals surface area contributed by atoms with Crippen LogP contribution in [0.25, 0.3) is 0 Å². The molecule has 1 aliphatic rings. The molecule has 0 aromatic heterocycles. The third-order valence-corrected chi connectivity index (χ3v) is 2.01. The van der Waals surface area contributed by atoms with Crippen LogP contribution in [0, 0.1) is 0 Å². The molecule has 0 N–H and O–H groups in total. The Morgan fingerprint density at radius 2 is 1.91 bits per heavy atom. The molecule has 0 heterocycles. The molecule has 0 spiro atoms. The maximum Gasteiger partial charge on any atom is -0.0237 e. The summed E-state index contributed by atoms with van der Waals surface area (Å²) in [6.45, 7) is 4.03. The van der Waals surface area contributed by atoms with Gasteiger partial charge in [0.2, 0.25) is 0 Å². The van der Waals surface area contributed by atoms with Gasteiger partial charge < -0.3 is 0 Å². The summed E-state index contributed by atoms with van der Waals surface area (Å²) in [6, 6.07) is 0. The summed E-state index contributed by atoms with van der Waals surface area (Å²) in [5, 5.41) is 0. The van der Waals surface area contributed by atoms with Crippen LogP contribution in [0.3, 0.4) is 0 Å². The van der Waals surface area contributed by atoms with Crippen molar-refractivity contribution < 1.29 is 0 Å². The van der Waals surface area contributed by atoms with E-state index in [-0.39, 0.29) is 0 Å². The lowest BCUT2D eigenvalue weighted by Crippen LogP contribution is -1.83. The van der Waals surface area contributed by atoms with Crippen molar-refractivity contribution in [2.24, 2.45) is 0 Å². The molecule has 0 unspecified atom stereocenters. The highest BCUT2D eigenvalue weighted by atomic mass is 14.0. The fourth-order valence-corrected chi connectivity index (χ4v) is 1.27. The van der Waals surface area contributed by atoms with E-state index in [0.29, 0.717) is 0 Å². The minimum atomic E-state index is 1.12. The van der Waals surface area contributed by atoms with Crippen molar-refractivity contribution in [3.05, 3.63) is 30.0 Å². The van der Waals surface area contributed by atoms with Gasteiger partial charge in [0.25, 0.3) is 0 Å². The highest BCUT2D eigenvalue weighted by Crippen LogP contribution is 2.13. The number of hydrogen-bond acceptors (Lipinski definition) is 0. The SMILES string of the molecule is C=C1CCC=C=CCCCC1. The average Bonchev–Trinajstić information content (AvgIpc) is 2.03. The van der Waals surface area contributed by atoms with E-state index < -0.39 is 0 Å². The largest absolute Gasteiger partial charge is 0.130 e. The third-order valence-electron chi connectivity index (χ3n) is 2.01. The van der Waals surface area contributed by atoms with E-state index in [1.807, 2.05) is 0 Å². The maximum absolute atomic E-state index is 4.03. The van der Waals surface area contributed by atoms with E-state index in [1.165, 1.54) is 31.3 Å². The fraction of sp³-hybridized carbons (Fsp3) is 0.545. The van der Waals surface area contributed by atoms with Crippen molar-refractivity contribution >= 4 is 0 Å². The average molecular weight is 148 g/mol. The number of rotatable bonds is 0. The summed E-state index contributed by atoms with van der Waals surface area (Å²) in [4.78, 5) is 0. The fourth-order valence-electron chi connectivity index (χ4n) is 1.27. The van der Waals surface area contributed by atoms with Crippen molar-refractivity contribution in [3.63, 3.8) is 0 Å². The molecule has 0 aromatic rings. The van der Waals surface area contributed by atoms with Crippen LogP contribution in [0.15, 0.2) is 30.0 Å². The normalized spacial score (nSPS) is 20.2. The van der Waals surface area contributed by atoms with Crippen LogP contribution in [0.2, 0.25) is 0 Å². The van der Waals surface area contributed by atoms with Gasteiger partial charge in [-0.1, -0.05) is 12.2 Å². The molecule has 0 saturated carbocycles. The second kappa shape index (κ2) is 4.98. The Labute approximate surface area is 69.3 Å². The molecule has 0 bridgehead atoms. The molecular formula is C11H16. The molecule has 0 atom stereocenters. The van der Waals surface area contributed by atoms with Crippen molar-refractivity contribution in [2.75, 3.05) is 0 Å². The minimum absolute atomic E-state index is 1.12. The molecule has 1 rings (SSSR count). The maximum atomic E-state index is 4.03. The molecule has 0 radical (unpaired) electrons. The Morgan fingerprint density at radius 1 is 1.09 bits per heavy atom. The van der Waals surface area contributed by atoms with Crippen molar-refractivity contribution in [1.82, 2.24) is 0 Å². The number of allylic oxidation sites excluding steroid dienone is 2. The second-order valence-electron chi connectivity index (χ2n) is 3.11. The Bertz CT molecular complexity index is 176. The zero-order valence-electron chi connectivity index (χ0n) is 7.10. The predicted molar refractivity (Wildman–Crippen MR) is 49.5 cm³/mol. The molecular weight excluding hydrogens is 132 g/mol. The molecule has 60 valence electrons. The predicted octanol–water partition coefficient (Wildman–Crippen LogP) is 3.61. The van der Waals surface area contributed by atoms with Crippen LogP contribution in [0.1, 0.15) is 38.5 Å². The Hall–Kier alpha value is -0.740. The van der Waals surface area contributed by atoms with Crippen LogP contribution >= 0.6 is 0 Å². The molecule has 0 aliphatic heterocycles. The van der Waals surface area contributed by atoms with E-state index >= 15 is 0 Å². The van der Waals surface area contributed by atoms with E-state index in [0.717, 1.165) is 12.8 Å². The molecule has 0 saturated heterocycles. The zero-order valence-corrected chi connectivity index (χ0v) is 7.10. The Balaban J connectivity index is 2.42. The van der Waals surface area contributed by atoms with Crippen LogP contribution in [-0.2, 0) is 0 Å². The summed E-state index contributed by atoms with van der Waals surface area (Å²) >= 11 is 0. The van der Waals surface area contributed by atoms with Crippen molar-refractivity contribution in [1.29, 1.82) is 0 Å². The van der Waals surface area contributed by atoms with E-state index in [4.69, 9.17) is 0 Å². The van der Waals surface area contributed by atoms with Gasteiger partial charge in [-0.2, -0.15) is 0 Å². The van der Waals surface area contributed by atoms with Crippen LogP contribution in [0.5, 0.6) is 0 Å². The second-order valence-corrected chi connectivity index (χ2v) is 3.11. The molecule has 0 aromatic carbocycles. The summed E-state index contributed by atoms with van der Waals surface area (Å²) in [7, 11) is 0. The van der Waals surface area contributed by atoms with Gasteiger partial charge in [-0.05, 0) is 50.7 Å². The topological polar surface area (TPSA) is 0 Å². The van der Waals surface area contributed by atoms with E-state index in [9.17, 15) is 0 Å². The van der Waals surface area contributed by atoms with Gasteiger partial charge in [-0.3, -0.25) is 0 Å². The van der Waals surface area contributed by atoms with Crippen molar-refractivity contribution in [3.8, 4) is 0 Å². The first-order valence-corrected chi connectivity index (χ1v) is 4.45. The molecule has 0 amide bonds. The minimum Gasteiger partial charge on any atom is -0.130 e. The lowest BCUT2D eigenvalue weighted by Gasteiger charge is -2.03. The summed E-state index contributed by atoms with van der Waals surface area (Å²) in [6.07, 6.45) is 11.5. The smallest absolute Gasteiger partial charge is 0.0237 e.